The molecule has 120 valence electrons. The molecule has 0 aromatic heterocycles. The standard InChI is InChI=1S/C17H22Cl2N2O/c18-14-7-4-8-15(19)16(14)20-9-11-21(12-10-20)17(22)13-5-2-1-3-6-13/h4,7-8,13H,1-3,5-6,9-12H2. The average molecular weight is 341 g/mol. The predicted molar refractivity (Wildman–Crippen MR) is 91.8 cm³/mol. The first-order valence-corrected chi connectivity index (χ1v) is 8.90. The highest BCUT2D eigenvalue weighted by Gasteiger charge is 2.29. The van der Waals surface area contributed by atoms with E-state index in [9.17, 15) is 4.79 Å². The van der Waals surface area contributed by atoms with Gasteiger partial charge in [-0.2, -0.15) is 0 Å². The first-order chi connectivity index (χ1) is 10.7. The first-order valence-electron chi connectivity index (χ1n) is 8.14. The zero-order chi connectivity index (χ0) is 15.5. The summed E-state index contributed by atoms with van der Waals surface area (Å²) in [7, 11) is 0. The molecule has 3 rings (SSSR count). The van der Waals surface area contributed by atoms with E-state index in [1.165, 1.54) is 19.3 Å². The molecule has 0 atom stereocenters. The molecule has 3 nitrogen and oxygen atoms in total. The zero-order valence-corrected chi connectivity index (χ0v) is 14.2. The van der Waals surface area contributed by atoms with Crippen LogP contribution in [0.4, 0.5) is 5.69 Å². The number of halogens is 2. The van der Waals surface area contributed by atoms with Gasteiger partial charge in [0.2, 0.25) is 5.91 Å². The van der Waals surface area contributed by atoms with Crippen molar-refractivity contribution in [3.63, 3.8) is 0 Å². The summed E-state index contributed by atoms with van der Waals surface area (Å²) in [5, 5.41) is 1.36. The summed E-state index contributed by atoms with van der Waals surface area (Å²) in [5.74, 6) is 0.605. The number of carbonyl (C=O) groups is 1. The minimum Gasteiger partial charge on any atom is -0.366 e. The van der Waals surface area contributed by atoms with E-state index in [0.717, 1.165) is 44.7 Å². The van der Waals surface area contributed by atoms with Crippen molar-refractivity contribution in [2.75, 3.05) is 31.1 Å². The van der Waals surface area contributed by atoms with Crippen molar-refractivity contribution in [1.29, 1.82) is 0 Å². The predicted octanol–water partition coefficient (Wildman–Crippen LogP) is 4.22. The molecule has 2 fully saturated rings. The van der Waals surface area contributed by atoms with Gasteiger partial charge in [0, 0.05) is 32.1 Å². The smallest absolute Gasteiger partial charge is 0.225 e. The molecular weight excluding hydrogens is 319 g/mol. The number of hydrogen-bond acceptors (Lipinski definition) is 2. The lowest BCUT2D eigenvalue weighted by atomic mass is 9.88. The van der Waals surface area contributed by atoms with Gasteiger partial charge in [0.15, 0.2) is 0 Å². The molecule has 1 heterocycles. The molecule has 0 unspecified atom stereocenters. The average Bonchev–Trinajstić information content (AvgIpc) is 2.55. The molecule has 0 bridgehead atoms. The monoisotopic (exact) mass is 340 g/mol. The van der Waals surface area contributed by atoms with E-state index in [1.54, 1.807) is 0 Å². The van der Waals surface area contributed by atoms with Crippen molar-refractivity contribution in [1.82, 2.24) is 4.90 Å². The third-order valence-corrected chi connectivity index (χ3v) is 5.41. The molecule has 1 aromatic rings. The number of amides is 1. The van der Waals surface area contributed by atoms with E-state index < -0.39 is 0 Å². The van der Waals surface area contributed by atoms with Gasteiger partial charge in [-0.3, -0.25) is 4.79 Å². The van der Waals surface area contributed by atoms with Crippen LogP contribution in [-0.4, -0.2) is 37.0 Å². The number of benzene rings is 1. The molecule has 0 radical (unpaired) electrons. The highest BCUT2D eigenvalue weighted by atomic mass is 35.5. The lowest BCUT2D eigenvalue weighted by molar-refractivity contribution is -0.136. The number of anilines is 1. The zero-order valence-electron chi connectivity index (χ0n) is 12.7. The Bertz CT molecular complexity index is 515. The van der Waals surface area contributed by atoms with Gasteiger partial charge >= 0.3 is 0 Å². The number of para-hydroxylation sites is 1. The van der Waals surface area contributed by atoms with E-state index >= 15 is 0 Å². The van der Waals surface area contributed by atoms with Crippen LogP contribution in [0.15, 0.2) is 18.2 Å². The molecule has 1 aromatic carbocycles. The van der Waals surface area contributed by atoms with Crippen molar-refractivity contribution in [3.05, 3.63) is 28.2 Å². The van der Waals surface area contributed by atoms with Crippen LogP contribution in [0.25, 0.3) is 0 Å². The molecular formula is C17H22Cl2N2O. The summed E-state index contributed by atoms with van der Waals surface area (Å²) in [5.41, 5.74) is 0.899. The van der Waals surface area contributed by atoms with Gasteiger partial charge in [-0.1, -0.05) is 48.5 Å². The summed E-state index contributed by atoms with van der Waals surface area (Å²) in [6.45, 7) is 3.11. The largest absolute Gasteiger partial charge is 0.366 e. The van der Waals surface area contributed by atoms with Gasteiger partial charge in [-0.15, -0.1) is 0 Å². The second-order valence-electron chi connectivity index (χ2n) is 6.22. The highest BCUT2D eigenvalue weighted by Crippen LogP contribution is 2.34. The topological polar surface area (TPSA) is 23.6 Å². The Labute approximate surface area is 142 Å². The Morgan fingerprint density at radius 2 is 1.55 bits per heavy atom. The highest BCUT2D eigenvalue weighted by molar-refractivity contribution is 6.39. The van der Waals surface area contributed by atoms with Gasteiger partial charge in [0.25, 0.3) is 0 Å². The molecule has 1 aliphatic heterocycles. The van der Waals surface area contributed by atoms with Crippen LogP contribution in [0.5, 0.6) is 0 Å². The second-order valence-corrected chi connectivity index (χ2v) is 7.03. The summed E-state index contributed by atoms with van der Waals surface area (Å²) < 4.78 is 0. The maximum Gasteiger partial charge on any atom is 0.225 e. The van der Waals surface area contributed by atoms with Crippen LogP contribution in [0.1, 0.15) is 32.1 Å². The van der Waals surface area contributed by atoms with Crippen LogP contribution in [0.3, 0.4) is 0 Å². The maximum absolute atomic E-state index is 12.6. The first kappa shape index (κ1) is 15.9. The van der Waals surface area contributed by atoms with Crippen LogP contribution in [0, 0.1) is 5.92 Å². The van der Waals surface area contributed by atoms with Gasteiger partial charge in [-0.05, 0) is 25.0 Å². The van der Waals surface area contributed by atoms with E-state index in [1.807, 2.05) is 23.1 Å². The van der Waals surface area contributed by atoms with Crippen molar-refractivity contribution in [3.8, 4) is 0 Å². The molecule has 22 heavy (non-hydrogen) atoms. The molecule has 0 N–H and O–H groups in total. The number of rotatable bonds is 2. The summed E-state index contributed by atoms with van der Waals surface area (Å²) in [6, 6.07) is 5.58. The lowest BCUT2D eigenvalue weighted by Gasteiger charge is -2.38. The van der Waals surface area contributed by atoms with Gasteiger partial charge < -0.3 is 9.80 Å². The fourth-order valence-electron chi connectivity index (χ4n) is 3.55. The quantitative estimate of drug-likeness (QED) is 0.804. The lowest BCUT2D eigenvalue weighted by Crippen LogP contribution is -2.50. The summed E-state index contributed by atoms with van der Waals surface area (Å²) in [4.78, 5) is 16.8. The van der Waals surface area contributed by atoms with E-state index in [4.69, 9.17) is 23.2 Å². The Kier molecular flexibility index (Phi) is 5.14. The molecule has 1 saturated heterocycles. The van der Waals surface area contributed by atoms with E-state index in [2.05, 4.69) is 4.90 Å². The van der Waals surface area contributed by atoms with Crippen molar-refractivity contribution in [2.45, 2.75) is 32.1 Å². The van der Waals surface area contributed by atoms with E-state index in [0.29, 0.717) is 16.0 Å². The normalized spacial score (nSPS) is 20.3. The molecule has 0 spiro atoms. The molecule has 1 saturated carbocycles. The van der Waals surface area contributed by atoms with Crippen LogP contribution in [0.2, 0.25) is 10.0 Å². The molecule has 1 aliphatic carbocycles. The van der Waals surface area contributed by atoms with Gasteiger partial charge in [0.05, 0.1) is 15.7 Å². The number of hydrogen-bond donors (Lipinski definition) is 0. The van der Waals surface area contributed by atoms with Crippen LogP contribution < -0.4 is 4.90 Å². The van der Waals surface area contributed by atoms with Gasteiger partial charge in [0.1, 0.15) is 0 Å². The minimum absolute atomic E-state index is 0.254. The number of piperazine rings is 1. The Morgan fingerprint density at radius 3 is 2.14 bits per heavy atom. The van der Waals surface area contributed by atoms with Gasteiger partial charge in [-0.25, -0.2) is 0 Å². The molecule has 2 aliphatic rings. The summed E-state index contributed by atoms with van der Waals surface area (Å²) >= 11 is 12.6. The Hall–Kier alpha value is -0.930. The van der Waals surface area contributed by atoms with Crippen molar-refractivity contribution in [2.24, 2.45) is 5.92 Å². The van der Waals surface area contributed by atoms with E-state index in [-0.39, 0.29) is 5.92 Å². The van der Waals surface area contributed by atoms with Crippen LogP contribution in [-0.2, 0) is 4.79 Å². The summed E-state index contributed by atoms with van der Waals surface area (Å²) in [6.07, 6.45) is 5.81. The Balaban J connectivity index is 1.61. The number of nitrogens with zero attached hydrogens (tertiary/aromatic N) is 2. The SMILES string of the molecule is O=C(C1CCCCC1)N1CCN(c2c(Cl)cccc2Cl)CC1. The fourth-order valence-corrected chi connectivity index (χ4v) is 4.19. The second kappa shape index (κ2) is 7.10. The number of carbonyl (C=O) groups excluding carboxylic acids is 1. The third-order valence-electron chi connectivity index (χ3n) is 4.80. The fraction of sp³-hybridized carbons (Fsp3) is 0.588. The molecule has 5 heteroatoms. The Morgan fingerprint density at radius 1 is 0.955 bits per heavy atom. The third kappa shape index (κ3) is 3.36. The minimum atomic E-state index is 0.254. The van der Waals surface area contributed by atoms with Crippen molar-refractivity contribution >= 4 is 34.8 Å². The van der Waals surface area contributed by atoms with Crippen molar-refractivity contribution < 1.29 is 4.79 Å². The van der Waals surface area contributed by atoms with Crippen LogP contribution >= 0.6 is 23.2 Å². The molecule has 1 amide bonds. The maximum atomic E-state index is 12.6.